The summed E-state index contributed by atoms with van der Waals surface area (Å²) < 4.78 is 11.0. The quantitative estimate of drug-likeness (QED) is 0.533. The highest BCUT2D eigenvalue weighted by Crippen LogP contribution is 2.28. The van der Waals surface area contributed by atoms with Crippen molar-refractivity contribution in [3.8, 4) is 5.75 Å². The summed E-state index contributed by atoms with van der Waals surface area (Å²) in [7, 11) is 0. The van der Waals surface area contributed by atoms with Crippen molar-refractivity contribution in [3.05, 3.63) is 29.8 Å². The number of hydrogen-bond acceptors (Lipinski definition) is 3. The fraction of sp³-hybridized carbons (Fsp3) is 0.611. The Balaban J connectivity index is 1.63. The predicted octanol–water partition coefficient (Wildman–Crippen LogP) is 4.14. The highest BCUT2D eigenvalue weighted by atomic mass is 16.5. The smallest absolute Gasteiger partial charge is 0.306 e. The lowest BCUT2D eigenvalue weighted by Gasteiger charge is -2.24. The number of carbonyl (C=O) groups is 1. The normalized spacial score (nSPS) is 16.9. The van der Waals surface area contributed by atoms with Gasteiger partial charge in [0, 0.05) is 5.92 Å². The highest BCUT2D eigenvalue weighted by molar-refractivity contribution is 5.69. The molecule has 0 spiro atoms. The Morgan fingerprint density at radius 3 is 2.90 bits per heavy atom. The first-order valence-corrected chi connectivity index (χ1v) is 8.16. The molecule has 1 aromatic carbocycles. The van der Waals surface area contributed by atoms with Gasteiger partial charge in [0.2, 0.25) is 0 Å². The maximum atomic E-state index is 11.8. The van der Waals surface area contributed by atoms with Crippen molar-refractivity contribution >= 4 is 5.97 Å². The van der Waals surface area contributed by atoms with E-state index in [4.69, 9.17) is 9.47 Å². The Morgan fingerprint density at radius 1 is 1.24 bits per heavy atom. The number of benzene rings is 1. The first-order chi connectivity index (χ1) is 10.3. The van der Waals surface area contributed by atoms with E-state index in [1.807, 2.05) is 18.2 Å². The van der Waals surface area contributed by atoms with Crippen molar-refractivity contribution in [2.75, 3.05) is 13.2 Å². The van der Waals surface area contributed by atoms with Gasteiger partial charge in [0.15, 0.2) is 0 Å². The molecule has 1 aromatic rings. The van der Waals surface area contributed by atoms with Crippen LogP contribution in [0.15, 0.2) is 24.3 Å². The molecule has 0 fully saturated rings. The summed E-state index contributed by atoms with van der Waals surface area (Å²) in [6.45, 7) is 3.37. The maximum absolute atomic E-state index is 11.8. The van der Waals surface area contributed by atoms with Gasteiger partial charge in [-0.25, -0.2) is 0 Å². The van der Waals surface area contributed by atoms with E-state index in [1.54, 1.807) is 0 Å². The molecule has 0 aromatic heterocycles. The molecule has 21 heavy (non-hydrogen) atoms. The fourth-order valence-corrected chi connectivity index (χ4v) is 2.71. The summed E-state index contributed by atoms with van der Waals surface area (Å²) in [5.74, 6) is 1.11. The molecule has 116 valence electrons. The molecule has 1 aliphatic heterocycles. The zero-order chi connectivity index (χ0) is 14.9. The molecule has 0 saturated heterocycles. The van der Waals surface area contributed by atoms with Gasteiger partial charge in [-0.3, -0.25) is 4.79 Å². The van der Waals surface area contributed by atoms with E-state index in [2.05, 4.69) is 13.0 Å². The molecule has 2 rings (SSSR count). The second kappa shape index (κ2) is 8.71. The topological polar surface area (TPSA) is 35.5 Å². The Labute approximate surface area is 127 Å². The van der Waals surface area contributed by atoms with E-state index in [0.29, 0.717) is 19.6 Å². The number of para-hydroxylation sites is 1. The molecule has 3 heteroatoms. The number of unbranched alkanes of at least 4 members (excludes halogenated alkanes) is 4. The molecule has 0 radical (unpaired) electrons. The molecule has 0 bridgehead atoms. The van der Waals surface area contributed by atoms with Gasteiger partial charge in [-0.1, -0.05) is 50.8 Å². The second-order valence-electron chi connectivity index (χ2n) is 5.83. The molecular formula is C18H26O3. The Morgan fingerprint density at radius 2 is 2.05 bits per heavy atom. The van der Waals surface area contributed by atoms with Gasteiger partial charge >= 0.3 is 5.97 Å². The van der Waals surface area contributed by atoms with Crippen LogP contribution >= 0.6 is 0 Å². The van der Waals surface area contributed by atoms with Crippen LogP contribution < -0.4 is 4.74 Å². The van der Waals surface area contributed by atoms with Crippen molar-refractivity contribution in [1.82, 2.24) is 0 Å². The first-order valence-electron chi connectivity index (χ1n) is 8.16. The average molecular weight is 290 g/mol. The van der Waals surface area contributed by atoms with Crippen molar-refractivity contribution < 1.29 is 14.3 Å². The molecule has 1 aliphatic rings. The van der Waals surface area contributed by atoms with Crippen LogP contribution in [0.3, 0.4) is 0 Å². The minimum atomic E-state index is -0.0847. The van der Waals surface area contributed by atoms with Gasteiger partial charge < -0.3 is 9.47 Å². The maximum Gasteiger partial charge on any atom is 0.306 e. The lowest BCUT2D eigenvalue weighted by Crippen LogP contribution is -2.24. The third-order valence-electron chi connectivity index (χ3n) is 3.92. The SMILES string of the molecule is CCCCCCCOC(=O)CC1COc2ccccc2C1. The van der Waals surface area contributed by atoms with Crippen LogP contribution in [0.1, 0.15) is 51.0 Å². The number of ether oxygens (including phenoxy) is 2. The standard InChI is InChI=1S/C18H26O3/c1-2-3-4-5-8-11-20-18(19)13-15-12-16-9-6-7-10-17(16)21-14-15/h6-7,9-10,15H,2-5,8,11-14H2,1H3. The molecule has 3 nitrogen and oxygen atoms in total. The summed E-state index contributed by atoms with van der Waals surface area (Å²) in [5, 5.41) is 0. The number of fused-ring (bicyclic) bond motifs is 1. The van der Waals surface area contributed by atoms with E-state index in [1.165, 1.54) is 24.8 Å². The second-order valence-corrected chi connectivity index (χ2v) is 5.83. The van der Waals surface area contributed by atoms with Crippen molar-refractivity contribution in [2.45, 2.75) is 51.9 Å². The van der Waals surface area contributed by atoms with Crippen molar-refractivity contribution in [2.24, 2.45) is 5.92 Å². The Bertz CT molecular complexity index is 442. The molecule has 0 saturated carbocycles. The monoisotopic (exact) mass is 290 g/mol. The number of carbonyl (C=O) groups excluding carboxylic acids is 1. The van der Waals surface area contributed by atoms with Crippen molar-refractivity contribution in [1.29, 1.82) is 0 Å². The van der Waals surface area contributed by atoms with Gasteiger partial charge in [-0.05, 0) is 24.5 Å². The van der Waals surface area contributed by atoms with Crippen molar-refractivity contribution in [3.63, 3.8) is 0 Å². The van der Waals surface area contributed by atoms with E-state index in [9.17, 15) is 4.79 Å². The summed E-state index contributed by atoms with van der Waals surface area (Å²) in [6, 6.07) is 8.05. The minimum absolute atomic E-state index is 0.0847. The fourth-order valence-electron chi connectivity index (χ4n) is 2.71. The van der Waals surface area contributed by atoms with Crippen LogP contribution in [-0.4, -0.2) is 19.2 Å². The van der Waals surface area contributed by atoms with Crippen LogP contribution in [-0.2, 0) is 16.0 Å². The van der Waals surface area contributed by atoms with Gasteiger partial charge in [0.1, 0.15) is 5.75 Å². The van der Waals surface area contributed by atoms with E-state index in [-0.39, 0.29) is 11.9 Å². The van der Waals surface area contributed by atoms with E-state index >= 15 is 0 Å². The third-order valence-corrected chi connectivity index (χ3v) is 3.92. The summed E-state index contributed by atoms with van der Waals surface area (Å²) in [5.41, 5.74) is 1.20. The summed E-state index contributed by atoms with van der Waals surface area (Å²) in [6.07, 6.45) is 7.25. The van der Waals surface area contributed by atoms with Gasteiger partial charge in [-0.2, -0.15) is 0 Å². The number of rotatable bonds is 8. The van der Waals surface area contributed by atoms with E-state index < -0.39 is 0 Å². The van der Waals surface area contributed by atoms with Gasteiger partial charge in [0.05, 0.1) is 19.6 Å². The minimum Gasteiger partial charge on any atom is -0.493 e. The van der Waals surface area contributed by atoms with E-state index in [0.717, 1.165) is 25.0 Å². The number of esters is 1. The molecule has 0 aliphatic carbocycles. The molecule has 0 amide bonds. The lowest BCUT2D eigenvalue weighted by atomic mass is 9.94. The zero-order valence-corrected chi connectivity index (χ0v) is 13.0. The van der Waals surface area contributed by atoms with Crippen LogP contribution in [0.2, 0.25) is 0 Å². The van der Waals surface area contributed by atoms with Crippen LogP contribution in [0, 0.1) is 5.92 Å². The summed E-state index contributed by atoms with van der Waals surface area (Å²) >= 11 is 0. The largest absolute Gasteiger partial charge is 0.493 e. The Hall–Kier alpha value is -1.51. The van der Waals surface area contributed by atoms with Gasteiger partial charge in [-0.15, -0.1) is 0 Å². The van der Waals surface area contributed by atoms with Crippen LogP contribution in [0.4, 0.5) is 0 Å². The lowest BCUT2D eigenvalue weighted by molar-refractivity contribution is -0.145. The highest BCUT2D eigenvalue weighted by Gasteiger charge is 2.22. The molecule has 0 N–H and O–H groups in total. The molecule has 1 heterocycles. The van der Waals surface area contributed by atoms with Crippen LogP contribution in [0.5, 0.6) is 5.75 Å². The van der Waals surface area contributed by atoms with Crippen LogP contribution in [0.25, 0.3) is 0 Å². The first kappa shape index (κ1) is 15.9. The van der Waals surface area contributed by atoms with Gasteiger partial charge in [0.25, 0.3) is 0 Å². The molecular weight excluding hydrogens is 264 g/mol. The average Bonchev–Trinajstić information content (AvgIpc) is 2.50. The third kappa shape index (κ3) is 5.41. The predicted molar refractivity (Wildman–Crippen MR) is 83.5 cm³/mol. The molecule has 1 atom stereocenters. The zero-order valence-electron chi connectivity index (χ0n) is 13.0. The Kier molecular flexibility index (Phi) is 6.58. The number of hydrogen-bond donors (Lipinski definition) is 0. The molecule has 1 unspecified atom stereocenters. The summed E-state index contributed by atoms with van der Waals surface area (Å²) in [4.78, 5) is 11.8.